The van der Waals surface area contributed by atoms with Crippen LogP contribution in [0.2, 0.25) is 0 Å². The minimum Gasteiger partial charge on any atom is -0.756 e. The second-order valence-electron chi connectivity index (χ2n) is 14.1. The molecule has 0 saturated carbocycles. The van der Waals surface area contributed by atoms with Crippen LogP contribution in [0, 0.1) is 0 Å². The molecule has 0 fully saturated rings. The van der Waals surface area contributed by atoms with Gasteiger partial charge in [-0.2, -0.15) is 0 Å². The van der Waals surface area contributed by atoms with E-state index in [4.69, 9.17) is 18.5 Å². The van der Waals surface area contributed by atoms with Gasteiger partial charge in [0, 0.05) is 12.8 Å². The van der Waals surface area contributed by atoms with Crippen molar-refractivity contribution in [2.24, 2.45) is 0 Å². The first-order chi connectivity index (χ1) is 26.0. The van der Waals surface area contributed by atoms with Gasteiger partial charge in [0.1, 0.15) is 19.8 Å². The van der Waals surface area contributed by atoms with E-state index in [1.165, 1.54) is 0 Å². The summed E-state index contributed by atoms with van der Waals surface area (Å²) in [6.45, 7) is 3.85. The fourth-order valence-electron chi connectivity index (χ4n) is 4.67. The number of allylic oxidation sites excluding steroid dienone is 16. The molecule has 54 heavy (non-hydrogen) atoms. The predicted molar refractivity (Wildman–Crippen MR) is 222 cm³/mol. The smallest absolute Gasteiger partial charge is 0.306 e. The van der Waals surface area contributed by atoms with Gasteiger partial charge >= 0.3 is 11.9 Å². The molecule has 0 saturated heterocycles. The minimum absolute atomic E-state index is 0.0465. The molecule has 0 aliphatic rings. The van der Waals surface area contributed by atoms with Crippen LogP contribution in [0.5, 0.6) is 0 Å². The molecular weight excluding hydrogens is 701 g/mol. The summed E-state index contributed by atoms with van der Waals surface area (Å²) in [5.41, 5.74) is 0. The topological polar surface area (TPSA) is 111 Å². The third-order valence-electron chi connectivity index (χ3n) is 7.79. The highest BCUT2D eigenvalue weighted by Gasteiger charge is 2.21. The van der Waals surface area contributed by atoms with Crippen molar-refractivity contribution in [2.75, 3.05) is 47.5 Å². The maximum absolute atomic E-state index is 12.6. The summed E-state index contributed by atoms with van der Waals surface area (Å²) >= 11 is 0. The number of carbonyl (C=O) groups excluding carboxylic acids is 2. The van der Waals surface area contributed by atoms with E-state index in [9.17, 15) is 19.0 Å². The van der Waals surface area contributed by atoms with Crippen LogP contribution in [-0.4, -0.2) is 70.0 Å². The number of likely N-dealkylation sites (N-methyl/N-ethyl adjacent to an activating group) is 1. The lowest BCUT2D eigenvalue weighted by molar-refractivity contribution is -0.870. The van der Waals surface area contributed by atoms with E-state index in [-0.39, 0.29) is 26.1 Å². The molecule has 0 radical (unpaired) electrons. The number of hydrogen-bond donors (Lipinski definition) is 0. The van der Waals surface area contributed by atoms with Crippen molar-refractivity contribution in [3.63, 3.8) is 0 Å². The highest BCUT2D eigenvalue weighted by atomic mass is 31.2. The van der Waals surface area contributed by atoms with Crippen molar-refractivity contribution in [1.29, 1.82) is 0 Å². The quantitative estimate of drug-likeness (QED) is 0.0209. The number of carbonyl (C=O) groups is 2. The summed E-state index contributed by atoms with van der Waals surface area (Å²) in [4.78, 5) is 37.4. The summed E-state index contributed by atoms with van der Waals surface area (Å²) in [5.74, 6) is -0.903. The summed E-state index contributed by atoms with van der Waals surface area (Å²) in [6.07, 6.45) is 45.7. The molecule has 9 nitrogen and oxygen atoms in total. The third-order valence-corrected chi connectivity index (χ3v) is 8.75. The number of ether oxygens (including phenoxy) is 2. The van der Waals surface area contributed by atoms with E-state index in [0.29, 0.717) is 23.9 Å². The first-order valence-electron chi connectivity index (χ1n) is 20.0. The summed E-state index contributed by atoms with van der Waals surface area (Å²) < 4.78 is 33.8. The third kappa shape index (κ3) is 38.6. The summed E-state index contributed by atoms with van der Waals surface area (Å²) in [5, 5.41) is 0. The van der Waals surface area contributed by atoms with Gasteiger partial charge in [0.2, 0.25) is 0 Å². The Kier molecular flexibility index (Phi) is 33.6. The molecule has 306 valence electrons. The number of rotatable bonds is 34. The Morgan fingerprint density at radius 1 is 0.574 bits per heavy atom. The zero-order chi connectivity index (χ0) is 40.0. The molecule has 0 rings (SSSR count). The second-order valence-corrected chi connectivity index (χ2v) is 15.5. The monoisotopic (exact) mass is 773 g/mol. The molecule has 0 aromatic rings. The van der Waals surface area contributed by atoms with Gasteiger partial charge in [0.25, 0.3) is 7.82 Å². The molecular formula is C44H72NO8P. The largest absolute Gasteiger partial charge is 0.756 e. The molecule has 0 aliphatic carbocycles. The van der Waals surface area contributed by atoms with Crippen LogP contribution in [0.4, 0.5) is 0 Å². The minimum atomic E-state index is -4.64. The van der Waals surface area contributed by atoms with Crippen molar-refractivity contribution in [3.05, 3.63) is 97.2 Å². The first kappa shape index (κ1) is 50.9. The van der Waals surface area contributed by atoms with E-state index in [1.54, 1.807) is 0 Å². The molecule has 0 aromatic heterocycles. The van der Waals surface area contributed by atoms with E-state index < -0.39 is 32.5 Å². The Balaban J connectivity index is 4.53. The second kappa shape index (κ2) is 35.6. The Bertz CT molecular complexity index is 1240. The number of phosphoric acid groups is 1. The Hall–Kier alpha value is -3.07. The average molecular weight is 774 g/mol. The lowest BCUT2D eigenvalue weighted by atomic mass is 10.1. The summed E-state index contributed by atoms with van der Waals surface area (Å²) in [7, 11) is 1.11. The van der Waals surface area contributed by atoms with Gasteiger partial charge in [0.15, 0.2) is 6.10 Å². The van der Waals surface area contributed by atoms with Gasteiger partial charge in [-0.3, -0.25) is 14.2 Å². The number of unbranched alkanes of at least 4 members (excludes halogenated alkanes) is 10. The van der Waals surface area contributed by atoms with Crippen molar-refractivity contribution in [1.82, 2.24) is 0 Å². The predicted octanol–water partition coefficient (Wildman–Crippen LogP) is 10.4. The maximum atomic E-state index is 12.6. The molecule has 10 heteroatoms. The normalized spacial score (nSPS) is 14.7. The van der Waals surface area contributed by atoms with Crippen molar-refractivity contribution in [2.45, 2.75) is 123 Å². The van der Waals surface area contributed by atoms with Gasteiger partial charge < -0.3 is 27.9 Å². The van der Waals surface area contributed by atoms with Crippen LogP contribution < -0.4 is 4.89 Å². The van der Waals surface area contributed by atoms with Crippen molar-refractivity contribution in [3.8, 4) is 0 Å². The lowest BCUT2D eigenvalue weighted by Crippen LogP contribution is -2.37. The number of esters is 2. The van der Waals surface area contributed by atoms with Crippen LogP contribution in [0.15, 0.2) is 97.2 Å². The zero-order valence-electron chi connectivity index (χ0n) is 34.1. The molecule has 0 bridgehead atoms. The van der Waals surface area contributed by atoms with Crippen LogP contribution in [0.3, 0.4) is 0 Å². The molecule has 1 unspecified atom stereocenters. The molecule has 0 N–H and O–H groups in total. The van der Waals surface area contributed by atoms with Crippen LogP contribution in [0.1, 0.15) is 117 Å². The van der Waals surface area contributed by atoms with Crippen molar-refractivity contribution < 1.29 is 42.1 Å². The van der Waals surface area contributed by atoms with Crippen LogP contribution in [-0.2, 0) is 32.7 Å². The molecule has 0 heterocycles. The number of phosphoric ester groups is 1. The van der Waals surface area contributed by atoms with Crippen LogP contribution >= 0.6 is 7.82 Å². The standard InChI is InChI=1S/C44H72NO8P/c1-6-8-10-12-14-16-18-20-22-24-26-28-30-32-34-36-43(46)50-40-42(41-52-54(48,49)51-39-38-45(3,4)5)53-44(47)37-35-33-31-29-27-25-23-21-19-17-15-13-11-9-7-2/h8-23,42H,6-7,24-41H2,1-5H3/b10-8-,11-9-,14-12+,15-13+,18-16+,19-17+,22-20-,23-21-/t42-/m1/s1. The lowest BCUT2D eigenvalue weighted by Gasteiger charge is -2.28. The van der Waals surface area contributed by atoms with E-state index in [0.717, 1.165) is 77.0 Å². The Morgan fingerprint density at radius 3 is 1.48 bits per heavy atom. The molecule has 0 amide bonds. The maximum Gasteiger partial charge on any atom is 0.306 e. The van der Waals surface area contributed by atoms with E-state index in [2.05, 4.69) is 50.3 Å². The zero-order valence-corrected chi connectivity index (χ0v) is 35.0. The first-order valence-corrected chi connectivity index (χ1v) is 21.5. The Labute approximate surface area is 328 Å². The highest BCUT2D eigenvalue weighted by Crippen LogP contribution is 2.38. The van der Waals surface area contributed by atoms with Gasteiger partial charge in [-0.1, -0.05) is 150 Å². The van der Waals surface area contributed by atoms with Gasteiger partial charge in [-0.25, -0.2) is 0 Å². The molecule has 0 aliphatic heterocycles. The van der Waals surface area contributed by atoms with Gasteiger partial charge in [-0.05, 0) is 51.4 Å². The SMILES string of the molecule is CC\C=C/C=C/C=C/C=C\CCCCCCCC(=O)OC[C@H](COP(=O)([O-])OCC[N+](C)(C)C)OC(=O)CCCCCCC\C=C/C=C/C=C/C=C\CC. The molecule has 0 spiro atoms. The number of hydrogen-bond acceptors (Lipinski definition) is 8. The van der Waals surface area contributed by atoms with E-state index in [1.807, 2.05) is 81.9 Å². The molecule has 2 atom stereocenters. The number of nitrogens with zero attached hydrogens (tertiary/aromatic N) is 1. The van der Waals surface area contributed by atoms with Gasteiger partial charge in [-0.15, -0.1) is 0 Å². The highest BCUT2D eigenvalue weighted by molar-refractivity contribution is 7.45. The fourth-order valence-corrected chi connectivity index (χ4v) is 5.40. The summed E-state index contributed by atoms with van der Waals surface area (Å²) in [6, 6.07) is 0. The average Bonchev–Trinajstić information content (AvgIpc) is 3.12. The van der Waals surface area contributed by atoms with E-state index >= 15 is 0 Å². The Morgan fingerprint density at radius 2 is 1.00 bits per heavy atom. The van der Waals surface area contributed by atoms with Gasteiger partial charge in [0.05, 0.1) is 27.7 Å². The molecule has 0 aromatic carbocycles. The van der Waals surface area contributed by atoms with Crippen LogP contribution in [0.25, 0.3) is 0 Å². The number of quaternary nitrogens is 1. The van der Waals surface area contributed by atoms with Crippen molar-refractivity contribution >= 4 is 19.8 Å². The fraction of sp³-hybridized carbons (Fsp3) is 0.591.